The van der Waals surface area contributed by atoms with Crippen molar-refractivity contribution >= 4 is 11.8 Å². The van der Waals surface area contributed by atoms with Crippen LogP contribution in [-0.2, 0) is 4.79 Å². The van der Waals surface area contributed by atoms with Gasteiger partial charge in [-0.25, -0.2) is 0 Å². The Kier molecular flexibility index (Phi) is 6.00. The van der Waals surface area contributed by atoms with Crippen LogP contribution < -0.4 is 4.74 Å². The summed E-state index contributed by atoms with van der Waals surface area (Å²) in [4.78, 5) is 24.1. The molecule has 0 spiro atoms. The number of carbonyl (C=O) groups excluding carboxylic acids is 1. The third-order valence-electron chi connectivity index (χ3n) is 4.26. The SMILES string of the molecule is O=C(O)CCC(C(=O)c1cccc(Oc2ccccc2)c1)c1ccccc1. The lowest BCUT2D eigenvalue weighted by molar-refractivity contribution is -0.137. The van der Waals surface area contributed by atoms with Crippen LogP contribution >= 0.6 is 0 Å². The lowest BCUT2D eigenvalue weighted by Crippen LogP contribution is -2.14. The van der Waals surface area contributed by atoms with E-state index in [1.807, 2.05) is 60.7 Å². The number of Topliss-reactive ketones (excluding diaryl/α,β-unsaturated/α-hetero) is 1. The summed E-state index contributed by atoms with van der Waals surface area (Å²) in [6, 6.07) is 25.6. The first-order valence-electron chi connectivity index (χ1n) is 8.77. The van der Waals surface area contributed by atoms with Crippen LogP contribution in [0.15, 0.2) is 84.9 Å². The van der Waals surface area contributed by atoms with Gasteiger partial charge in [-0.1, -0.05) is 60.7 Å². The van der Waals surface area contributed by atoms with Gasteiger partial charge in [-0.05, 0) is 36.2 Å². The normalized spacial score (nSPS) is 11.6. The van der Waals surface area contributed by atoms with Gasteiger partial charge in [-0.15, -0.1) is 0 Å². The fourth-order valence-corrected chi connectivity index (χ4v) is 2.94. The van der Waals surface area contributed by atoms with Gasteiger partial charge in [0.05, 0.1) is 0 Å². The second kappa shape index (κ2) is 8.81. The summed E-state index contributed by atoms with van der Waals surface area (Å²) in [5.41, 5.74) is 1.32. The minimum absolute atomic E-state index is 0.0640. The molecule has 3 aromatic carbocycles. The van der Waals surface area contributed by atoms with E-state index >= 15 is 0 Å². The van der Waals surface area contributed by atoms with E-state index in [0.29, 0.717) is 17.1 Å². The Hall–Kier alpha value is -3.40. The zero-order valence-electron chi connectivity index (χ0n) is 14.7. The van der Waals surface area contributed by atoms with Crippen molar-refractivity contribution in [3.05, 3.63) is 96.1 Å². The number of rotatable bonds is 8. The third-order valence-corrected chi connectivity index (χ3v) is 4.26. The van der Waals surface area contributed by atoms with E-state index in [4.69, 9.17) is 9.84 Å². The molecule has 0 aliphatic heterocycles. The molecule has 0 heterocycles. The van der Waals surface area contributed by atoms with Gasteiger partial charge in [0.1, 0.15) is 11.5 Å². The molecule has 27 heavy (non-hydrogen) atoms. The summed E-state index contributed by atoms with van der Waals surface area (Å²) < 4.78 is 5.81. The second-order valence-corrected chi connectivity index (χ2v) is 6.20. The van der Waals surface area contributed by atoms with Gasteiger partial charge in [0.25, 0.3) is 0 Å². The van der Waals surface area contributed by atoms with Crippen LogP contribution in [0.5, 0.6) is 11.5 Å². The predicted molar refractivity (Wildman–Crippen MR) is 103 cm³/mol. The average Bonchev–Trinajstić information content (AvgIpc) is 2.69. The van der Waals surface area contributed by atoms with Crippen LogP contribution in [0.1, 0.15) is 34.7 Å². The van der Waals surface area contributed by atoms with Crippen LogP contribution in [0.25, 0.3) is 0 Å². The first kappa shape index (κ1) is 18.4. The monoisotopic (exact) mass is 360 g/mol. The molecule has 4 heteroatoms. The molecule has 3 aromatic rings. The van der Waals surface area contributed by atoms with Crippen molar-refractivity contribution in [2.75, 3.05) is 0 Å². The fourth-order valence-electron chi connectivity index (χ4n) is 2.94. The third kappa shape index (κ3) is 5.05. The molecule has 0 amide bonds. The number of carboxylic acids is 1. The summed E-state index contributed by atoms with van der Waals surface area (Å²) in [6.45, 7) is 0. The van der Waals surface area contributed by atoms with E-state index in [1.54, 1.807) is 24.3 Å². The van der Waals surface area contributed by atoms with Gasteiger partial charge in [-0.3, -0.25) is 9.59 Å². The molecule has 0 saturated heterocycles. The summed E-state index contributed by atoms with van der Waals surface area (Å²) in [7, 11) is 0. The van der Waals surface area contributed by atoms with Gasteiger partial charge in [0, 0.05) is 17.9 Å². The first-order valence-corrected chi connectivity index (χ1v) is 8.77. The molecule has 1 unspecified atom stereocenters. The highest BCUT2D eigenvalue weighted by atomic mass is 16.5. The predicted octanol–water partition coefficient (Wildman–Crippen LogP) is 5.31. The molecule has 4 nitrogen and oxygen atoms in total. The van der Waals surface area contributed by atoms with Crippen LogP contribution in [0.2, 0.25) is 0 Å². The fraction of sp³-hybridized carbons (Fsp3) is 0.130. The maximum absolute atomic E-state index is 13.1. The van der Waals surface area contributed by atoms with Crippen molar-refractivity contribution in [1.82, 2.24) is 0 Å². The van der Waals surface area contributed by atoms with Crippen molar-refractivity contribution < 1.29 is 19.4 Å². The number of ketones is 1. The van der Waals surface area contributed by atoms with E-state index < -0.39 is 11.9 Å². The van der Waals surface area contributed by atoms with Crippen LogP contribution in [0.4, 0.5) is 0 Å². The Bertz CT molecular complexity index is 904. The molecule has 136 valence electrons. The topological polar surface area (TPSA) is 63.6 Å². The Morgan fingerprint density at radius 2 is 1.44 bits per heavy atom. The van der Waals surface area contributed by atoms with Gasteiger partial charge in [0.2, 0.25) is 0 Å². The summed E-state index contributed by atoms with van der Waals surface area (Å²) in [6.07, 6.45) is 0.188. The van der Waals surface area contributed by atoms with Crippen molar-refractivity contribution in [3.8, 4) is 11.5 Å². The van der Waals surface area contributed by atoms with Crippen LogP contribution in [0, 0.1) is 0 Å². The maximum Gasteiger partial charge on any atom is 0.303 e. The largest absolute Gasteiger partial charge is 0.481 e. The standard InChI is InChI=1S/C23H20O4/c24-22(25)15-14-21(17-8-3-1-4-9-17)23(26)18-10-7-13-20(16-18)27-19-11-5-2-6-12-19/h1-13,16,21H,14-15H2,(H,24,25). The molecule has 0 aliphatic carbocycles. The molecule has 3 rings (SSSR count). The molecule has 0 saturated carbocycles. The number of hydrogen-bond donors (Lipinski definition) is 1. The van der Waals surface area contributed by atoms with Crippen LogP contribution in [-0.4, -0.2) is 16.9 Å². The highest BCUT2D eigenvalue weighted by Crippen LogP contribution is 2.28. The second-order valence-electron chi connectivity index (χ2n) is 6.20. The van der Waals surface area contributed by atoms with Gasteiger partial charge < -0.3 is 9.84 Å². The summed E-state index contributed by atoms with van der Waals surface area (Å²) in [5.74, 6) is -0.273. The molecule has 0 aliphatic rings. The Balaban J connectivity index is 1.85. The first-order chi connectivity index (χ1) is 13.1. The molecule has 0 aromatic heterocycles. The Morgan fingerprint density at radius 3 is 2.11 bits per heavy atom. The molecule has 1 atom stereocenters. The summed E-state index contributed by atoms with van der Waals surface area (Å²) in [5, 5.41) is 9.04. The maximum atomic E-state index is 13.1. The minimum atomic E-state index is -0.912. The average molecular weight is 360 g/mol. The van der Waals surface area contributed by atoms with E-state index in [-0.39, 0.29) is 18.6 Å². The Morgan fingerprint density at radius 1 is 0.815 bits per heavy atom. The highest BCUT2D eigenvalue weighted by molar-refractivity contribution is 6.01. The number of aliphatic carboxylic acids is 1. The van der Waals surface area contributed by atoms with Crippen molar-refractivity contribution in [3.63, 3.8) is 0 Å². The number of ether oxygens (including phenoxy) is 1. The number of carboxylic acid groups (broad SMARTS) is 1. The molecule has 0 radical (unpaired) electrons. The zero-order valence-corrected chi connectivity index (χ0v) is 14.7. The Labute approximate surface area is 158 Å². The van der Waals surface area contributed by atoms with Crippen molar-refractivity contribution in [1.29, 1.82) is 0 Å². The van der Waals surface area contributed by atoms with E-state index in [0.717, 1.165) is 5.56 Å². The van der Waals surface area contributed by atoms with E-state index in [2.05, 4.69) is 0 Å². The number of para-hydroxylation sites is 1. The smallest absolute Gasteiger partial charge is 0.303 e. The molecule has 1 N–H and O–H groups in total. The number of hydrogen-bond acceptors (Lipinski definition) is 3. The van der Waals surface area contributed by atoms with Gasteiger partial charge in [-0.2, -0.15) is 0 Å². The quantitative estimate of drug-likeness (QED) is 0.553. The van der Waals surface area contributed by atoms with E-state index in [9.17, 15) is 9.59 Å². The minimum Gasteiger partial charge on any atom is -0.481 e. The summed E-state index contributed by atoms with van der Waals surface area (Å²) >= 11 is 0. The van der Waals surface area contributed by atoms with Crippen LogP contribution in [0.3, 0.4) is 0 Å². The number of carbonyl (C=O) groups is 2. The number of benzene rings is 3. The van der Waals surface area contributed by atoms with Gasteiger partial charge in [0.15, 0.2) is 5.78 Å². The van der Waals surface area contributed by atoms with E-state index in [1.165, 1.54) is 0 Å². The molecular formula is C23H20O4. The van der Waals surface area contributed by atoms with Gasteiger partial charge >= 0.3 is 5.97 Å². The highest BCUT2D eigenvalue weighted by Gasteiger charge is 2.23. The zero-order chi connectivity index (χ0) is 19.1. The molecular weight excluding hydrogens is 340 g/mol. The molecule has 0 bridgehead atoms. The van der Waals surface area contributed by atoms with Crippen molar-refractivity contribution in [2.45, 2.75) is 18.8 Å². The lowest BCUT2D eigenvalue weighted by Gasteiger charge is -2.16. The van der Waals surface area contributed by atoms with Crippen molar-refractivity contribution in [2.24, 2.45) is 0 Å². The lowest BCUT2D eigenvalue weighted by atomic mass is 9.87. The molecule has 0 fully saturated rings.